The number of benzene rings is 2. The van der Waals surface area contributed by atoms with Crippen LogP contribution < -0.4 is 9.47 Å². The van der Waals surface area contributed by atoms with Crippen molar-refractivity contribution in [1.29, 1.82) is 0 Å². The number of likely N-dealkylation sites (tertiary alicyclic amines) is 1. The van der Waals surface area contributed by atoms with Crippen LogP contribution in [0.2, 0.25) is 5.02 Å². The molecule has 0 radical (unpaired) electrons. The van der Waals surface area contributed by atoms with Gasteiger partial charge < -0.3 is 14.4 Å². The van der Waals surface area contributed by atoms with Gasteiger partial charge in [-0.25, -0.2) is 0 Å². The fraction of sp³-hybridized carbons (Fsp3) is 0.552. The first-order valence-electron chi connectivity index (χ1n) is 13.0. The number of carbonyl (C=O) groups excluding carboxylic acids is 1. The van der Waals surface area contributed by atoms with E-state index in [1.54, 1.807) is 0 Å². The topological polar surface area (TPSA) is 42.0 Å². The fourth-order valence-electron chi connectivity index (χ4n) is 5.15. The van der Waals surface area contributed by atoms with E-state index in [1.165, 1.54) is 16.7 Å². The molecule has 0 bridgehead atoms. The summed E-state index contributed by atoms with van der Waals surface area (Å²) in [5.41, 5.74) is 5.02. The first kappa shape index (κ1) is 25.8. The molecule has 1 saturated heterocycles. The molecule has 2 aliphatic heterocycles. The fourth-order valence-corrected chi connectivity index (χ4v) is 5.44. The van der Waals surface area contributed by atoms with Gasteiger partial charge in [0.05, 0.1) is 24.2 Å². The smallest absolute Gasteiger partial charge is 0.227 e. The van der Waals surface area contributed by atoms with E-state index in [-0.39, 0.29) is 11.8 Å². The highest BCUT2D eigenvalue weighted by Crippen LogP contribution is 2.38. The van der Waals surface area contributed by atoms with Crippen LogP contribution in [0.25, 0.3) is 0 Å². The van der Waals surface area contributed by atoms with E-state index < -0.39 is 0 Å². The molecule has 0 aliphatic carbocycles. The second-order valence-corrected chi connectivity index (χ2v) is 10.9. The van der Waals surface area contributed by atoms with Crippen LogP contribution in [0, 0.1) is 25.7 Å². The van der Waals surface area contributed by atoms with E-state index in [0.29, 0.717) is 42.2 Å². The minimum absolute atomic E-state index is 0.0171. The molecule has 2 aliphatic rings. The second kappa shape index (κ2) is 11.7. The highest BCUT2D eigenvalue weighted by Gasteiger charge is 2.30. The predicted octanol–water partition coefficient (Wildman–Crippen LogP) is 6.01. The van der Waals surface area contributed by atoms with Gasteiger partial charge in [-0.3, -0.25) is 9.69 Å². The molecule has 2 heterocycles. The molecule has 35 heavy (non-hydrogen) atoms. The zero-order valence-corrected chi connectivity index (χ0v) is 22.4. The number of amides is 1. The van der Waals surface area contributed by atoms with E-state index >= 15 is 0 Å². The summed E-state index contributed by atoms with van der Waals surface area (Å²) in [6, 6.07) is 10.4. The Balaban J connectivity index is 1.48. The average Bonchev–Trinajstić information content (AvgIpc) is 3.07. The summed E-state index contributed by atoms with van der Waals surface area (Å²) in [6.45, 7) is 13.9. The van der Waals surface area contributed by atoms with Gasteiger partial charge in [0.25, 0.3) is 0 Å². The number of rotatable bonds is 7. The van der Waals surface area contributed by atoms with Crippen molar-refractivity contribution in [1.82, 2.24) is 9.80 Å². The number of piperidine rings is 1. The van der Waals surface area contributed by atoms with Gasteiger partial charge in [-0.2, -0.15) is 0 Å². The summed E-state index contributed by atoms with van der Waals surface area (Å²) in [5, 5.41) is 0.550. The van der Waals surface area contributed by atoms with Crippen LogP contribution in [0.3, 0.4) is 0 Å². The molecule has 0 saturated carbocycles. The Hall–Kier alpha value is -2.24. The number of hydrogen-bond donors (Lipinski definition) is 0. The number of nitrogens with zero attached hydrogens (tertiary/aromatic N) is 2. The molecule has 5 nitrogen and oxygen atoms in total. The lowest BCUT2D eigenvalue weighted by molar-refractivity contribution is -0.138. The SMILES string of the molecule is Cc1cccc(CN2CCC[C@@H](C(=O)N(Cc3cc(Cl)c4c(c3)OCCCO4)CC(C)C)C2)c1C. The number of hydrogen-bond acceptors (Lipinski definition) is 4. The molecule has 1 fully saturated rings. The molecule has 0 unspecified atom stereocenters. The van der Waals surface area contributed by atoms with Crippen molar-refractivity contribution in [3.8, 4) is 11.5 Å². The quantitative estimate of drug-likeness (QED) is 0.468. The lowest BCUT2D eigenvalue weighted by Crippen LogP contribution is -2.45. The number of carbonyl (C=O) groups is 1. The lowest BCUT2D eigenvalue weighted by atomic mass is 9.94. The Morgan fingerprint density at radius 3 is 2.77 bits per heavy atom. The minimum atomic E-state index is 0.0171. The van der Waals surface area contributed by atoms with Gasteiger partial charge >= 0.3 is 0 Å². The van der Waals surface area contributed by atoms with Crippen molar-refractivity contribution in [3.63, 3.8) is 0 Å². The van der Waals surface area contributed by atoms with Crippen LogP contribution in [0.1, 0.15) is 55.4 Å². The molecule has 2 aromatic carbocycles. The molecule has 0 N–H and O–H groups in total. The molecule has 6 heteroatoms. The van der Waals surface area contributed by atoms with E-state index in [4.69, 9.17) is 21.1 Å². The number of ether oxygens (including phenoxy) is 2. The second-order valence-electron chi connectivity index (χ2n) is 10.5. The maximum absolute atomic E-state index is 13.8. The van der Waals surface area contributed by atoms with Crippen molar-refractivity contribution in [2.75, 3.05) is 32.8 Å². The van der Waals surface area contributed by atoms with Gasteiger partial charge in [-0.1, -0.05) is 43.6 Å². The average molecular weight is 499 g/mol. The van der Waals surface area contributed by atoms with Gasteiger partial charge in [0.2, 0.25) is 5.91 Å². The zero-order chi connectivity index (χ0) is 24.9. The number of fused-ring (bicyclic) bond motifs is 1. The Bertz CT molecular complexity index is 1040. The van der Waals surface area contributed by atoms with Gasteiger partial charge in [-0.15, -0.1) is 0 Å². The standard InChI is InChI=1S/C29H39ClN2O3/c1-20(2)16-32(17-23-14-26(30)28-27(15-23)34-12-7-13-35-28)29(33)25-10-6-11-31(19-25)18-24-9-5-8-21(3)22(24)4/h5,8-9,14-15,20,25H,6-7,10-13,16-19H2,1-4H3/t25-/m1/s1. The van der Waals surface area contributed by atoms with Crippen LogP contribution in [0.4, 0.5) is 0 Å². The third kappa shape index (κ3) is 6.50. The highest BCUT2D eigenvalue weighted by molar-refractivity contribution is 6.32. The van der Waals surface area contributed by atoms with Crippen LogP contribution in [-0.2, 0) is 17.9 Å². The van der Waals surface area contributed by atoms with Gasteiger partial charge in [0, 0.05) is 32.6 Å². The van der Waals surface area contributed by atoms with E-state index in [2.05, 4.69) is 50.8 Å². The van der Waals surface area contributed by atoms with Crippen molar-refractivity contribution in [2.45, 2.75) is 60.0 Å². The van der Waals surface area contributed by atoms with Gasteiger partial charge in [-0.05, 0) is 73.5 Å². The van der Waals surface area contributed by atoms with Crippen LogP contribution >= 0.6 is 11.6 Å². The first-order chi connectivity index (χ1) is 16.8. The highest BCUT2D eigenvalue weighted by atomic mass is 35.5. The third-order valence-corrected chi connectivity index (χ3v) is 7.38. The lowest BCUT2D eigenvalue weighted by Gasteiger charge is -2.36. The molecule has 1 atom stereocenters. The normalized spacial score (nSPS) is 18.4. The Kier molecular flexibility index (Phi) is 8.61. The van der Waals surface area contributed by atoms with Crippen molar-refractivity contribution in [2.24, 2.45) is 11.8 Å². The molecular weight excluding hydrogens is 460 g/mol. The Labute approximate surface area is 215 Å². The van der Waals surface area contributed by atoms with Crippen molar-refractivity contribution in [3.05, 3.63) is 57.6 Å². The van der Waals surface area contributed by atoms with Gasteiger partial charge in [0.15, 0.2) is 11.5 Å². The molecule has 190 valence electrons. The predicted molar refractivity (Wildman–Crippen MR) is 141 cm³/mol. The zero-order valence-electron chi connectivity index (χ0n) is 21.6. The van der Waals surface area contributed by atoms with Crippen molar-refractivity contribution >= 4 is 17.5 Å². The molecule has 1 amide bonds. The van der Waals surface area contributed by atoms with Gasteiger partial charge in [0.1, 0.15) is 0 Å². The number of aryl methyl sites for hydroxylation is 1. The van der Waals surface area contributed by atoms with E-state index in [1.807, 2.05) is 17.0 Å². The largest absolute Gasteiger partial charge is 0.489 e. The molecule has 0 aromatic heterocycles. The maximum atomic E-state index is 13.8. The van der Waals surface area contributed by atoms with Crippen LogP contribution in [-0.4, -0.2) is 48.6 Å². The molecule has 0 spiro atoms. The molecule has 2 aromatic rings. The Morgan fingerprint density at radius 1 is 1.17 bits per heavy atom. The first-order valence-corrected chi connectivity index (χ1v) is 13.3. The number of halogens is 1. The maximum Gasteiger partial charge on any atom is 0.227 e. The van der Waals surface area contributed by atoms with E-state index in [9.17, 15) is 4.79 Å². The minimum Gasteiger partial charge on any atom is -0.489 e. The van der Waals surface area contributed by atoms with Crippen LogP contribution in [0.15, 0.2) is 30.3 Å². The Morgan fingerprint density at radius 2 is 1.97 bits per heavy atom. The summed E-state index contributed by atoms with van der Waals surface area (Å²) in [5.74, 6) is 1.93. The summed E-state index contributed by atoms with van der Waals surface area (Å²) in [4.78, 5) is 18.3. The molecule has 4 rings (SSSR count). The summed E-state index contributed by atoms with van der Waals surface area (Å²) < 4.78 is 11.7. The van der Waals surface area contributed by atoms with Crippen molar-refractivity contribution < 1.29 is 14.3 Å². The summed E-state index contributed by atoms with van der Waals surface area (Å²) in [7, 11) is 0. The monoisotopic (exact) mass is 498 g/mol. The summed E-state index contributed by atoms with van der Waals surface area (Å²) >= 11 is 6.54. The third-order valence-electron chi connectivity index (χ3n) is 7.10. The summed E-state index contributed by atoms with van der Waals surface area (Å²) in [6.07, 6.45) is 2.82. The van der Waals surface area contributed by atoms with E-state index in [0.717, 1.165) is 51.0 Å². The van der Waals surface area contributed by atoms with Crippen LogP contribution in [0.5, 0.6) is 11.5 Å². The molecular formula is C29H39ClN2O3.